The Bertz CT molecular complexity index is 1010. The number of benzene rings is 3. The fraction of sp³-hybridized carbons (Fsp3) is 0.167. The molecule has 0 bridgehead atoms. The maximum atomic E-state index is 12.4. The van der Waals surface area contributed by atoms with Gasteiger partial charge in [-0.15, -0.1) is 0 Å². The first-order valence-corrected chi connectivity index (χ1v) is 9.65. The molecule has 0 aliphatic carbocycles. The summed E-state index contributed by atoms with van der Waals surface area (Å²) in [5, 5.41) is 14.9. The molecular formula is C24H23N3O3. The van der Waals surface area contributed by atoms with E-state index in [1.165, 1.54) is 0 Å². The van der Waals surface area contributed by atoms with E-state index in [0.29, 0.717) is 29.4 Å². The van der Waals surface area contributed by atoms with Crippen LogP contribution in [0, 0.1) is 11.3 Å². The van der Waals surface area contributed by atoms with Gasteiger partial charge < -0.3 is 20.1 Å². The molecule has 152 valence electrons. The molecule has 3 aromatic rings. The van der Waals surface area contributed by atoms with Gasteiger partial charge in [0.2, 0.25) is 5.91 Å². The van der Waals surface area contributed by atoms with Gasteiger partial charge in [0.15, 0.2) is 0 Å². The minimum absolute atomic E-state index is 0.142. The van der Waals surface area contributed by atoms with Crippen LogP contribution in [0.15, 0.2) is 72.8 Å². The van der Waals surface area contributed by atoms with Crippen molar-refractivity contribution in [3.63, 3.8) is 0 Å². The topological polar surface area (TPSA) is 83.4 Å². The second kappa shape index (κ2) is 9.99. The Kier molecular flexibility index (Phi) is 6.91. The van der Waals surface area contributed by atoms with E-state index in [0.717, 1.165) is 11.4 Å². The second-order valence-corrected chi connectivity index (χ2v) is 6.58. The smallest absolute Gasteiger partial charge is 0.246 e. The van der Waals surface area contributed by atoms with Gasteiger partial charge in [0, 0.05) is 11.4 Å². The molecule has 0 aliphatic rings. The van der Waals surface area contributed by atoms with Crippen molar-refractivity contribution in [1.29, 1.82) is 5.26 Å². The van der Waals surface area contributed by atoms with E-state index in [9.17, 15) is 4.79 Å². The van der Waals surface area contributed by atoms with Crippen LogP contribution in [-0.2, 0) is 4.79 Å². The highest BCUT2D eigenvalue weighted by Gasteiger charge is 2.13. The van der Waals surface area contributed by atoms with E-state index in [2.05, 4.69) is 16.7 Å². The van der Waals surface area contributed by atoms with Crippen molar-refractivity contribution >= 4 is 17.3 Å². The maximum Gasteiger partial charge on any atom is 0.246 e. The summed E-state index contributed by atoms with van der Waals surface area (Å²) in [6.45, 7) is 4.32. The molecule has 0 aliphatic heterocycles. The molecule has 0 fully saturated rings. The van der Waals surface area contributed by atoms with Crippen molar-refractivity contribution in [3.05, 3.63) is 78.4 Å². The molecule has 0 radical (unpaired) electrons. The van der Waals surface area contributed by atoms with Gasteiger partial charge in [0.25, 0.3) is 0 Å². The third kappa shape index (κ3) is 5.76. The van der Waals surface area contributed by atoms with Crippen LogP contribution in [0.25, 0.3) is 0 Å². The highest BCUT2D eigenvalue weighted by molar-refractivity contribution is 5.96. The third-order valence-electron chi connectivity index (χ3n) is 4.28. The molecule has 0 spiro atoms. The molecule has 30 heavy (non-hydrogen) atoms. The van der Waals surface area contributed by atoms with Crippen LogP contribution in [0.3, 0.4) is 0 Å². The molecule has 6 heteroatoms. The molecule has 0 saturated heterocycles. The zero-order valence-electron chi connectivity index (χ0n) is 16.9. The van der Waals surface area contributed by atoms with Gasteiger partial charge in [-0.25, -0.2) is 0 Å². The molecule has 3 rings (SSSR count). The van der Waals surface area contributed by atoms with Crippen molar-refractivity contribution in [2.24, 2.45) is 0 Å². The highest BCUT2D eigenvalue weighted by Crippen LogP contribution is 2.24. The van der Waals surface area contributed by atoms with Crippen LogP contribution in [-0.4, -0.2) is 18.6 Å². The predicted octanol–water partition coefficient (Wildman–Crippen LogP) is 5.19. The van der Waals surface area contributed by atoms with Crippen molar-refractivity contribution in [2.45, 2.75) is 19.9 Å². The summed E-state index contributed by atoms with van der Waals surface area (Å²) < 4.78 is 11.2. The van der Waals surface area contributed by atoms with Gasteiger partial charge in [-0.05, 0) is 86.6 Å². The van der Waals surface area contributed by atoms with Crippen LogP contribution >= 0.6 is 0 Å². The van der Waals surface area contributed by atoms with Crippen LogP contribution < -0.4 is 20.1 Å². The molecule has 1 amide bonds. The average Bonchev–Trinajstić information content (AvgIpc) is 2.77. The minimum atomic E-state index is -0.429. The highest BCUT2D eigenvalue weighted by atomic mass is 16.5. The summed E-state index contributed by atoms with van der Waals surface area (Å²) in [6.07, 6.45) is 0. The van der Waals surface area contributed by atoms with E-state index in [-0.39, 0.29) is 5.91 Å². The van der Waals surface area contributed by atoms with Crippen LogP contribution in [0.4, 0.5) is 11.4 Å². The Morgan fingerprint density at radius 2 is 1.43 bits per heavy atom. The monoisotopic (exact) mass is 401 g/mol. The number of hydrogen-bond donors (Lipinski definition) is 2. The summed E-state index contributed by atoms with van der Waals surface area (Å²) >= 11 is 0. The molecule has 1 unspecified atom stereocenters. The number of hydrogen-bond acceptors (Lipinski definition) is 5. The molecular weight excluding hydrogens is 378 g/mol. The van der Waals surface area contributed by atoms with Crippen molar-refractivity contribution in [1.82, 2.24) is 0 Å². The van der Waals surface area contributed by atoms with E-state index < -0.39 is 6.04 Å². The zero-order chi connectivity index (χ0) is 21.3. The van der Waals surface area contributed by atoms with Gasteiger partial charge in [-0.1, -0.05) is 0 Å². The lowest BCUT2D eigenvalue weighted by Gasteiger charge is -2.16. The number of anilines is 2. The number of carbonyl (C=O) groups is 1. The Balaban J connectivity index is 1.53. The third-order valence-corrected chi connectivity index (χ3v) is 4.28. The summed E-state index contributed by atoms with van der Waals surface area (Å²) in [6, 6.07) is 23.1. The Labute approximate surface area is 176 Å². The normalized spacial score (nSPS) is 11.1. The molecule has 1 atom stereocenters. The lowest BCUT2D eigenvalue weighted by molar-refractivity contribution is -0.116. The Morgan fingerprint density at radius 3 is 2.00 bits per heavy atom. The number of nitrogens with zero attached hydrogens (tertiary/aromatic N) is 1. The predicted molar refractivity (Wildman–Crippen MR) is 117 cm³/mol. The van der Waals surface area contributed by atoms with Gasteiger partial charge in [0.05, 0.1) is 18.2 Å². The van der Waals surface area contributed by atoms with E-state index in [4.69, 9.17) is 14.7 Å². The second-order valence-electron chi connectivity index (χ2n) is 6.58. The van der Waals surface area contributed by atoms with Gasteiger partial charge in [-0.3, -0.25) is 4.79 Å². The SMILES string of the molecule is CCOc1ccc(NC(=O)C(C)Nc2ccc(Oc3ccc(C#N)cc3)cc2)cc1. The van der Waals surface area contributed by atoms with Crippen molar-refractivity contribution in [3.8, 4) is 23.3 Å². The minimum Gasteiger partial charge on any atom is -0.494 e. The zero-order valence-corrected chi connectivity index (χ0v) is 16.9. The summed E-state index contributed by atoms with van der Waals surface area (Å²) in [4.78, 5) is 12.4. The lowest BCUT2D eigenvalue weighted by Crippen LogP contribution is -2.31. The van der Waals surface area contributed by atoms with E-state index in [1.807, 2.05) is 55.5 Å². The lowest BCUT2D eigenvalue weighted by atomic mass is 10.2. The molecule has 0 heterocycles. The van der Waals surface area contributed by atoms with Crippen molar-refractivity contribution in [2.75, 3.05) is 17.2 Å². The first-order valence-electron chi connectivity index (χ1n) is 9.65. The van der Waals surface area contributed by atoms with Crippen LogP contribution in [0.5, 0.6) is 17.2 Å². The van der Waals surface area contributed by atoms with Gasteiger partial charge >= 0.3 is 0 Å². The first kappa shape index (κ1) is 20.7. The first-order chi connectivity index (χ1) is 14.6. The number of ether oxygens (including phenoxy) is 2. The fourth-order valence-corrected chi connectivity index (χ4v) is 2.72. The fourth-order valence-electron chi connectivity index (χ4n) is 2.72. The average molecular weight is 401 g/mol. The number of rotatable bonds is 8. The molecule has 0 aromatic heterocycles. The van der Waals surface area contributed by atoms with E-state index in [1.54, 1.807) is 31.2 Å². The molecule has 6 nitrogen and oxygen atoms in total. The van der Waals surface area contributed by atoms with E-state index >= 15 is 0 Å². The maximum absolute atomic E-state index is 12.4. The quantitative estimate of drug-likeness (QED) is 0.543. The number of amides is 1. The Hall–Kier alpha value is -3.98. The van der Waals surface area contributed by atoms with Gasteiger partial charge in [0.1, 0.15) is 23.3 Å². The summed E-state index contributed by atoms with van der Waals surface area (Å²) in [7, 11) is 0. The van der Waals surface area contributed by atoms with Crippen molar-refractivity contribution < 1.29 is 14.3 Å². The number of nitriles is 1. The number of carbonyl (C=O) groups excluding carboxylic acids is 1. The summed E-state index contributed by atoms with van der Waals surface area (Å²) in [5.74, 6) is 1.94. The van der Waals surface area contributed by atoms with Gasteiger partial charge in [-0.2, -0.15) is 5.26 Å². The van der Waals surface area contributed by atoms with Crippen LogP contribution in [0.2, 0.25) is 0 Å². The van der Waals surface area contributed by atoms with Crippen LogP contribution in [0.1, 0.15) is 19.4 Å². The largest absolute Gasteiger partial charge is 0.494 e. The molecule has 3 aromatic carbocycles. The molecule has 0 saturated carbocycles. The molecule has 2 N–H and O–H groups in total. The Morgan fingerprint density at radius 1 is 0.900 bits per heavy atom. The number of nitrogens with one attached hydrogen (secondary N) is 2. The standard InChI is InChI=1S/C24H23N3O3/c1-3-29-21-12-6-20(7-13-21)27-24(28)17(2)26-19-8-14-23(15-9-19)30-22-10-4-18(16-25)5-11-22/h4-15,17,26H,3H2,1-2H3,(H,27,28). The summed E-state index contributed by atoms with van der Waals surface area (Å²) in [5.41, 5.74) is 2.10.